The Bertz CT molecular complexity index is 3480. The van der Waals surface area contributed by atoms with Gasteiger partial charge in [0.05, 0.1) is 59.5 Å². The summed E-state index contributed by atoms with van der Waals surface area (Å²) in [7, 11) is 0. The molecule has 6 aromatic carbocycles. The fourth-order valence-electron chi connectivity index (χ4n) is 8.02. The predicted octanol–water partition coefficient (Wildman–Crippen LogP) is 10.9. The molecule has 15 nitrogen and oxygen atoms in total. The van der Waals surface area contributed by atoms with Crippen LogP contribution in [0.15, 0.2) is 191 Å². The lowest BCUT2D eigenvalue weighted by molar-refractivity contribution is -0.136. The molecule has 4 heterocycles. The number of rotatable bonds is 20. The molecule has 4 aromatic heterocycles. The molecule has 0 saturated heterocycles. The van der Waals surface area contributed by atoms with E-state index >= 15 is 0 Å². The van der Waals surface area contributed by atoms with E-state index < -0.39 is 5.97 Å². The normalized spacial score (nSPS) is 10.9. The molecular formula is C59H52N8O7. The Morgan fingerprint density at radius 2 is 0.973 bits per heavy atom. The Kier molecular flexibility index (Phi) is 15.8. The van der Waals surface area contributed by atoms with Crippen molar-refractivity contribution in [1.82, 2.24) is 40.0 Å². The highest BCUT2D eigenvalue weighted by molar-refractivity contribution is 6.03. The summed E-state index contributed by atoms with van der Waals surface area (Å²) in [6.45, 7) is 8.33. The van der Waals surface area contributed by atoms with Gasteiger partial charge >= 0.3 is 5.97 Å². The number of ketones is 1. The second kappa shape index (κ2) is 23.6. The molecule has 15 heteroatoms. The van der Waals surface area contributed by atoms with Crippen LogP contribution in [0.25, 0.3) is 34.3 Å². The highest BCUT2D eigenvalue weighted by Crippen LogP contribution is 2.25. The van der Waals surface area contributed by atoms with Crippen molar-refractivity contribution >= 4 is 11.8 Å². The van der Waals surface area contributed by atoms with Crippen molar-refractivity contribution in [3.8, 4) is 45.8 Å². The molecule has 0 radical (unpaired) electrons. The van der Waals surface area contributed by atoms with Crippen LogP contribution in [0.2, 0.25) is 0 Å². The van der Waals surface area contributed by atoms with Gasteiger partial charge < -0.3 is 23.4 Å². The first-order valence-corrected chi connectivity index (χ1v) is 24.0. The summed E-state index contributed by atoms with van der Waals surface area (Å²) in [5.41, 5.74) is 9.03. The third-order valence-electron chi connectivity index (χ3n) is 11.7. The zero-order chi connectivity index (χ0) is 51.2. The first-order chi connectivity index (χ1) is 36.1. The molecule has 0 unspecified atom stereocenters. The number of hydrogen-bond acceptors (Lipinski definition) is 12. The largest absolute Gasteiger partial charge is 0.493 e. The van der Waals surface area contributed by atoms with E-state index in [1.165, 1.54) is 15.7 Å². The number of ether oxygens (including phenoxy) is 2. The second-order valence-electron chi connectivity index (χ2n) is 17.1. The third-order valence-corrected chi connectivity index (χ3v) is 11.7. The Hall–Kier alpha value is -9.50. The average Bonchev–Trinajstić information content (AvgIpc) is 4.23. The number of carboxylic acids is 1. The summed E-state index contributed by atoms with van der Waals surface area (Å²) in [4.78, 5) is 36.1. The fourth-order valence-corrected chi connectivity index (χ4v) is 8.02. The number of carbonyl (C=O) groups is 2. The zero-order valence-corrected chi connectivity index (χ0v) is 40.9. The fraction of sp³-hybridized carbons (Fsp3) is 0.153. The SMILES string of the molecule is C=CC(=O)c1nn(-c2ccccc2)nc1Cc1cccc(OCCc2nc(-c3ccccc3)oc2C)c1.Cc1oc(-c2ccccc2)nc1CCOc1cccc(Cc2nn(-c3ccccc3)nc2CC(=O)O)c1. The number of para-hydroxylation sites is 2. The summed E-state index contributed by atoms with van der Waals surface area (Å²) in [5, 5.41) is 27.4. The minimum absolute atomic E-state index is 0.194. The first kappa shape index (κ1) is 49.5. The molecule has 0 amide bonds. The van der Waals surface area contributed by atoms with E-state index in [0.29, 0.717) is 73.5 Å². The number of oxazole rings is 2. The third kappa shape index (κ3) is 12.7. The maximum atomic E-state index is 12.5. The van der Waals surface area contributed by atoms with Crippen molar-refractivity contribution < 1.29 is 33.0 Å². The number of allylic oxidation sites excluding steroid dienone is 1. The Labute approximate surface area is 427 Å². The minimum atomic E-state index is -0.947. The van der Waals surface area contributed by atoms with E-state index in [9.17, 15) is 14.7 Å². The maximum Gasteiger partial charge on any atom is 0.309 e. The summed E-state index contributed by atoms with van der Waals surface area (Å²) in [5.74, 6) is 3.03. The number of carboxylic acid groups (broad SMARTS) is 1. The lowest BCUT2D eigenvalue weighted by Gasteiger charge is -2.07. The summed E-state index contributed by atoms with van der Waals surface area (Å²) >= 11 is 0. The number of aromatic nitrogens is 8. The molecule has 0 aliphatic rings. The molecule has 1 N–H and O–H groups in total. The molecule has 74 heavy (non-hydrogen) atoms. The van der Waals surface area contributed by atoms with Crippen LogP contribution in [0.4, 0.5) is 0 Å². The van der Waals surface area contributed by atoms with Gasteiger partial charge in [-0.15, -0.1) is 5.10 Å². The molecule has 370 valence electrons. The van der Waals surface area contributed by atoms with Gasteiger partial charge in [0.25, 0.3) is 0 Å². The van der Waals surface area contributed by atoms with E-state index in [-0.39, 0.29) is 12.2 Å². The van der Waals surface area contributed by atoms with Crippen LogP contribution in [0.5, 0.6) is 11.5 Å². The van der Waals surface area contributed by atoms with Gasteiger partial charge in [-0.3, -0.25) is 9.59 Å². The molecule has 0 bridgehead atoms. The van der Waals surface area contributed by atoms with Gasteiger partial charge in [-0.05, 0) is 104 Å². The number of aryl methyl sites for hydroxylation is 2. The van der Waals surface area contributed by atoms with Crippen LogP contribution < -0.4 is 9.47 Å². The summed E-state index contributed by atoms with van der Waals surface area (Å²) in [6, 6.07) is 54.1. The molecule has 0 aliphatic heterocycles. The van der Waals surface area contributed by atoms with Crippen molar-refractivity contribution in [3.63, 3.8) is 0 Å². The van der Waals surface area contributed by atoms with Crippen molar-refractivity contribution in [1.29, 1.82) is 0 Å². The highest BCUT2D eigenvalue weighted by atomic mass is 16.5. The van der Waals surface area contributed by atoms with Crippen LogP contribution in [0.1, 0.15) is 61.6 Å². The molecule has 10 rings (SSSR count). The number of nitrogens with zero attached hydrogens (tertiary/aromatic N) is 8. The highest BCUT2D eigenvalue weighted by Gasteiger charge is 2.20. The van der Waals surface area contributed by atoms with Crippen LogP contribution in [0.3, 0.4) is 0 Å². The predicted molar refractivity (Wildman–Crippen MR) is 279 cm³/mol. The van der Waals surface area contributed by atoms with E-state index in [4.69, 9.17) is 18.3 Å². The van der Waals surface area contributed by atoms with Crippen molar-refractivity contribution in [2.24, 2.45) is 0 Å². The Morgan fingerprint density at radius 1 is 0.541 bits per heavy atom. The van der Waals surface area contributed by atoms with Crippen molar-refractivity contribution in [2.45, 2.75) is 46.0 Å². The van der Waals surface area contributed by atoms with Gasteiger partial charge in [0.2, 0.25) is 17.6 Å². The lowest BCUT2D eigenvalue weighted by atomic mass is 10.1. The summed E-state index contributed by atoms with van der Waals surface area (Å²) in [6.07, 6.45) is 3.17. The Morgan fingerprint density at radius 3 is 1.45 bits per heavy atom. The summed E-state index contributed by atoms with van der Waals surface area (Å²) < 4.78 is 23.7. The molecule has 0 fully saturated rings. The first-order valence-electron chi connectivity index (χ1n) is 24.0. The van der Waals surface area contributed by atoms with Gasteiger partial charge in [-0.2, -0.15) is 24.9 Å². The number of aliphatic carboxylic acids is 1. The van der Waals surface area contributed by atoms with Gasteiger partial charge in [0.15, 0.2) is 5.69 Å². The molecule has 0 atom stereocenters. The topological polar surface area (TPSA) is 186 Å². The van der Waals surface area contributed by atoms with Crippen LogP contribution in [-0.4, -0.2) is 70.0 Å². The standard InChI is InChI=1S/C30H26N4O3.C29H26N4O4/c1-3-28(35)29-27(32-34(33-29)24-14-8-5-9-15-24)20-22-11-10-16-25(19-22)36-18-17-26-21(2)37-30(31-26)23-12-6-4-7-13-23;1-20-25(30-29(37-20)22-10-4-2-5-11-22)15-16-36-24-14-8-9-21(17-24)18-26-27(19-28(34)35)32-33(31-26)23-12-6-3-7-13-23/h3-16,19H,1,17-18,20H2,2H3;2-14,17H,15-16,18-19H2,1H3,(H,34,35). The Balaban J connectivity index is 0.000000182. The lowest BCUT2D eigenvalue weighted by Crippen LogP contribution is -2.05. The number of carbonyl (C=O) groups excluding carboxylic acids is 1. The number of hydrogen-bond donors (Lipinski definition) is 1. The van der Waals surface area contributed by atoms with Crippen LogP contribution in [-0.2, 0) is 36.9 Å². The zero-order valence-electron chi connectivity index (χ0n) is 40.9. The maximum absolute atomic E-state index is 12.5. The molecule has 0 spiro atoms. The average molecular weight is 985 g/mol. The monoisotopic (exact) mass is 984 g/mol. The van der Waals surface area contributed by atoms with Gasteiger partial charge in [0, 0.05) is 36.8 Å². The molecule has 0 saturated carbocycles. The van der Waals surface area contributed by atoms with Crippen LogP contribution in [0, 0.1) is 13.8 Å². The van der Waals surface area contributed by atoms with Crippen LogP contribution >= 0.6 is 0 Å². The van der Waals surface area contributed by atoms with Gasteiger partial charge in [-0.25, -0.2) is 9.97 Å². The van der Waals surface area contributed by atoms with E-state index in [1.54, 1.807) is 0 Å². The molecule has 10 aromatic rings. The van der Waals surface area contributed by atoms with E-state index in [0.717, 1.165) is 68.0 Å². The smallest absolute Gasteiger partial charge is 0.309 e. The van der Waals surface area contributed by atoms with Gasteiger partial charge in [0.1, 0.15) is 23.0 Å². The minimum Gasteiger partial charge on any atom is -0.493 e. The van der Waals surface area contributed by atoms with E-state index in [2.05, 4.69) is 36.9 Å². The van der Waals surface area contributed by atoms with Crippen molar-refractivity contribution in [3.05, 3.63) is 239 Å². The number of benzene rings is 6. The molecular weight excluding hydrogens is 933 g/mol. The van der Waals surface area contributed by atoms with E-state index in [1.807, 2.05) is 184 Å². The quantitative estimate of drug-likeness (QED) is 0.0562. The van der Waals surface area contributed by atoms with Gasteiger partial charge in [-0.1, -0.05) is 104 Å². The molecule has 0 aliphatic carbocycles. The van der Waals surface area contributed by atoms with Crippen molar-refractivity contribution in [2.75, 3.05) is 13.2 Å². The second-order valence-corrected chi connectivity index (χ2v) is 17.1.